The van der Waals surface area contributed by atoms with Gasteiger partial charge in [0.05, 0.1) is 10.6 Å². The lowest BCUT2D eigenvalue weighted by Crippen LogP contribution is -1.85. The first-order valence-electron chi connectivity index (χ1n) is 3.10. The fourth-order valence-electron chi connectivity index (χ4n) is 0.804. The number of carbonyl (C=O) groups excluding carboxylic acids is 1. The van der Waals surface area contributed by atoms with Gasteiger partial charge in [-0.3, -0.25) is 4.79 Å². The van der Waals surface area contributed by atoms with Crippen molar-refractivity contribution in [2.24, 2.45) is 0 Å². The molecule has 58 valence electrons. The number of halogens is 1. The molecule has 0 amide bonds. The Bertz CT molecular complexity index is 294. The molecule has 1 aromatic carbocycles. The maximum Gasteiger partial charge on any atom is 0.155 e. The molecular formula is C8H7ClO2. The monoisotopic (exact) mass is 170 g/mol. The minimum Gasteiger partial charge on any atom is -0.507 e. The third-order valence-electron chi connectivity index (χ3n) is 1.47. The first-order valence-corrected chi connectivity index (χ1v) is 3.48. The molecule has 0 fully saturated rings. The summed E-state index contributed by atoms with van der Waals surface area (Å²) in [6.45, 7) is 1.77. The molecule has 0 aromatic heterocycles. The van der Waals surface area contributed by atoms with Crippen LogP contribution in [0, 0.1) is 6.92 Å². The molecular weight excluding hydrogens is 164 g/mol. The maximum absolute atomic E-state index is 10.4. The Hall–Kier alpha value is -1.02. The van der Waals surface area contributed by atoms with Crippen LogP contribution >= 0.6 is 11.6 Å². The summed E-state index contributed by atoms with van der Waals surface area (Å²) in [5, 5.41) is 9.42. The van der Waals surface area contributed by atoms with Gasteiger partial charge in [0.1, 0.15) is 5.75 Å². The van der Waals surface area contributed by atoms with E-state index in [2.05, 4.69) is 0 Å². The molecule has 0 radical (unpaired) electrons. The highest BCUT2D eigenvalue weighted by molar-refractivity contribution is 6.34. The van der Waals surface area contributed by atoms with E-state index in [1.54, 1.807) is 13.0 Å². The quantitative estimate of drug-likeness (QED) is 0.656. The molecule has 0 spiro atoms. The van der Waals surface area contributed by atoms with E-state index in [4.69, 9.17) is 16.7 Å². The van der Waals surface area contributed by atoms with Gasteiger partial charge < -0.3 is 5.11 Å². The fraction of sp³-hybridized carbons (Fsp3) is 0.125. The fourth-order valence-corrected chi connectivity index (χ4v) is 1.01. The highest BCUT2D eigenvalue weighted by atomic mass is 35.5. The zero-order valence-corrected chi connectivity index (χ0v) is 6.72. The normalized spacial score (nSPS) is 9.64. The lowest BCUT2D eigenvalue weighted by molar-refractivity contribution is 0.112. The van der Waals surface area contributed by atoms with Crippen LogP contribution in [0.5, 0.6) is 5.75 Å². The number of aryl methyl sites for hydroxylation is 1. The van der Waals surface area contributed by atoms with Gasteiger partial charge in [-0.25, -0.2) is 0 Å². The van der Waals surface area contributed by atoms with E-state index in [-0.39, 0.29) is 11.3 Å². The molecule has 11 heavy (non-hydrogen) atoms. The van der Waals surface area contributed by atoms with Crippen LogP contribution in [0.2, 0.25) is 5.02 Å². The van der Waals surface area contributed by atoms with Crippen molar-refractivity contribution in [3.8, 4) is 5.75 Å². The second-order valence-corrected chi connectivity index (χ2v) is 2.63. The van der Waals surface area contributed by atoms with Crippen LogP contribution < -0.4 is 0 Å². The van der Waals surface area contributed by atoms with Crippen molar-refractivity contribution >= 4 is 17.9 Å². The first-order chi connectivity index (χ1) is 5.16. The summed E-state index contributed by atoms with van der Waals surface area (Å²) in [7, 11) is 0. The molecule has 0 aliphatic heterocycles. The van der Waals surface area contributed by atoms with Gasteiger partial charge in [0.2, 0.25) is 0 Å². The Balaban J connectivity index is 3.40. The predicted molar refractivity (Wildman–Crippen MR) is 43.2 cm³/mol. The lowest BCUT2D eigenvalue weighted by Gasteiger charge is -2.01. The SMILES string of the molecule is Cc1ccc(O)c(C=O)c1Cl. The van der Waals surface area contributed by atoms with Crippen LogP contribution in [-0.2, 0) is 0 Å². The maximum atomic E-state index is 10.4. The van der Waals surface area contributed by atoms with Crippen LogP contribution in [0.15, 0.2) is 12.1 Å². The Morgan fingerprint density at radius 2 is 2.18 bits per heavy atom. The number of hydrogen-bond donors (Lipinski definition) is 1. The summed E-state index contributed by atoms with van der Waals surface area (Å²) in [6.07, 6.45) is 0.546. The molecule has 0 heterocycles. The molecule has 1 aromatic rings. The first kappa shape index (κ1) is 8.08. The Kier molecular flexibility index (Phi) is 2.15. The number of carbonyl (C=O) groups is 1. The summed E-state index contributed by atoms with van der Waals surface area (Å²) in [6, 6.07) is 3.11. The van der Waals surface area contributed by atoms with E-state index in [0.717, 1.165) is 5.56 Å². The van der Waals surface area contributed by atoms with E-state index in [1.165, 1.54) is 6.07 Å². The molecule has 1 rings (SSSR count). The van der Waals surface area contributed by atoms with E-state index in [1.807, 2.05) is 0 Å². The summed E-state index contributed by atoms with van der Waals surface area (Å²) in [5.41, 5.74) is 0.943. The van der Waals surface area contributed by atoms with Crippen molar-refractivity contribution in [2.45, 2.75) is 6.92 Å². The number of benzene rings is 1. The van der Waals surface area contributed by atoms with Crippen molar-refractivity contribution in [1.82, 2.24) is 0 Å². The molecule has 0 bridgehead atoms. The van der Waals surface area contributed by atoms with E-state index >= 15 is 0 Å². The summed E-state index contributed by atoms with van der Waals surface area (Å²) in [5.74, 6) is -0.0735. The second kappa shape index (κ2) is 2.93. The summed E-state index contributed by atoms with van der Waals surface area (Å²) in [4.78, 5) is 10.4. The smallest absolute Gasteiger partial charge is 0.155 e. The van der Waals surface area contributed by atoms with Crippen molar-refractivity contribution in [3.63, 3.8) is 0 Å². The van der Waals surface area contributed by atoms with Gasteiger partial charge in [-0.05, 0) is 18.6 Å². The van der Waals surface area contributed by atoms with Crippen LogP contribution in [-0.4, -0.2) is 11.4 Å². The number of aldehydes is 1. The van der Waals surface area contributed by atoms with Gasteiger partial charge >= 0.3 is 0 Å². The van der Waals surface area contributed by atoms with Gasteiger partial charge in [0.25, 0.3) is 0 Å². The highest BCUT2D eigenvalue weighted by Gasteiger charge is 2.06. The minimum atomic E-state index is -0.0735. The number of hydrogen-bond acceptors (Lipinski definition) is 2. The molecule has 0 aliphatic rings. The van der Waals surface area contributed by atoms with Gasteiger partial charge in [0, 0.05) is 0 Å². The molecule has 0 saturated carbocycles. The summed E-state index contributed by atoms with van der Waals surface area (Å²) >= 11 is 5.71. The second-order valence-electron chi connectivity index (χ2n) is 2.25. The molecule has 0 aliphatic carbocycles. The third kappa shape index (κ3) is 1.35. The predicted octanol–water partition coefficient (Wildman–Crippen LogP) is 2.17. The molecule has 1 N–H and O–H groups in total. The molecule has 0 unspecified atom stereocenters. The average Bonchev–Trinajstić information content (AvgIpc) is 1.99. The average molecular weight is 171 g/mol. The lowest BCUT2D eigenvalue weighted by atomic mass is 10.1. The summed E-state index contributed by atoms with van der Waals surface area (Å²) < 4.78 is 0. The molecule has 0 atom stereocenters. The van der Waals surface area contributed by atoms with Crippen LogP contribution in [0.3, 0.4) is 0 Å². The minimum absolute atomic E-state index is 0.0735. The van der Waals surface area contributed by atoms with Crippen molar-refractivity contribution in [2.75, 3.05) is 0 Å². The van der Waals surface area contributed by atoms with Crippen molar-refractivity contribution in [1.29, 1.82) is 0 Å². The Morgan fingerprint density at radius 1 is 1.55 bits per heavy atom. The van der Waals surface area contributed by atoms with Gasteiger partial charge in [-0.1, -0.05) is 17.7 Å². The van der Waals surface area contributed by atoms with Gasteiger partial charge in [-0.2, -0.15) is 0 Å². The topological polar surface area (TPSA) is 37.3 Å². The number of rotatable bonds is 1. The highest BCUT2D eigenvalue weighted by Crippen LogP contribution is 2.26. The zero-order valence-electron chi connectivity index (χ0n) is 5.97. The van der Waals surface area contributed by atoms with E-state index in [9.17, 15) is 4.79 Å². The zero-order chi connectivity index (χ0) is 8.43. The van der Waals surface area contributed by atoms with E-state index < -0.39 is 0 Å². The number of phenolic OH excluding ortho intramolecular Hbond substituents is 1. The van der Waals surface area contributed by atoms with Crippen molar-refractivity contribution in [3.05, 3.63) is 28.3 Å². The van der Waals surface area contributed by atoms with Gasteiger partial charge in [0.15, 0.2) is 6.29 Å². The standard InChI is InChI=1S/C8H7ClO2/c1-5-2-3-7(11)6(4-10)8(5)9/h2-4,11H,1H3. The number of aromatic hydroxyl groups is 1. The van der Waals surface area contributed by atoms with Crippen molar-refractivity contribution < 1.29 is 9.90 Å². The number of phenols is 1. The third-order valence-corrected chi connectivity index (χ3v) is 1.97. The Labute approximate surface area is 69.4 Å². The largest absolute Gasteiger partial charge is 0.507 e. The van der Waals surface area contributed by atoms with Crippen LogP contribution in [0.4, 0.5) is 0 Å². The molecule has 2 nitrogen and oxygen atoms in total. The van der Waals surface area contributed by atoms with Crippen LogP contribution in [0.1, 0.15) is 15.9 Å². The van der Waals surface area contributed by atoms with Gasteiger partial charge in [-0.15, -0.1) is 0 Å². The van der Waals surface area contributed by atoms with Crippen LogP contribution in [0.25, 0.3) is 0 Å². The molecule has 0 saturated heterocycles. The molecule has 3 heteroatoms. The van der Waals surface area contributed by atoms with E-state index in [0.29, 0.717) is 11.3 Å². The Morgan fingerprint density at radius 3 is 2.64 bits per heavy atom.